The molecule has 0 aromatic heterocycles. The van der Waals surface area contributed by atoms with Crippen LogP contribution in [-0.2, 0) is 0 Å². The van der Waals surface area contributed by atoms with Crippen molar-refractivity contribution in [2.45, 2.75) is 0 Å². The second-order valence-corrected chi connectivity index (χ2v) is 11.5. The number of rotatable bonds is 4. The zero-order valence-corrected chi connectivity index (χ0v) is 25.1. The Morgan fingerprint density at radius 1 is 0.396 bits per heavy atom. The van der Waals surface area contributed by atoms with Gasteiger partial charge in [0, 0.05) is 27.7 Å². The van der Waals surface area contributed by atoms with Crippen molar-refractivity contribution in [2.24, 2.45) is 4.99 Å². The Morgan fingerprint density at radius 2 is 0.750 bits per heavy atom. The number of hydrogen-bond donors (Lipinski definition) is 0. The third kappa shape index (κ3) is 4.35. The zero-order chi connectivity index (χ0) is 32.9. The molecule has 4 nitrogen and oxygen atoms in total. The smallest absolute Gasteiger partial charge is 0.206 e. The third-order valence-electron chi connectivity index (χ3n) is 9.02. The van der Waals surface area contributed by atoms with Gasteiger partial charge < -0.3 is 0 Å². The van der Waals surface area contributed by atoms with Gasteiger partial charge in [-0.3, -0.25) is 0 Å². The molecule has 0 unspecified atom stereocenters. The molecule has 0 heterocycles. The van der Waals surface area contributed by atoms with E-state index >= 15 is 8.78 Å². The first-order chi connectivity index (χ1) is 23.5. The summed E-state index contributed by atoms with van der Waals surface area (Å²) < 4.78 is 30.4. The first kappa shape index (κ1) is 28.5. The SMILES string of the molecule is N#CN=C1C(c2ccc(-c3ccc(C#N)cc3)cc2)=C2C(=C1c1ccc(-c3ccc(C#N)cc3)cc1)c1ccc(F)c3c(F)ccc2c13. The predicted molar refractivity (Wildman–Crippen MR) is 184 cm³/mol. The molecule has 0 bridgehead atoms. The van der Waals surface area contributed by atoms with E-state index in [2.05, 4.69) is 17.1 Å². The Hall–Kier alpha value is -6.94. The molecule has 0 aliphatic heterocycles. The highest BCUT2D eigenvalue weighted by Crippen LogP contribution is 2.57. The van der Waals surface area contributed by atoms with Gasteiger partial charge in [0.25, 0.3) is 0 Å². The first-order valence-corrected chi connectivity index (χ1v) is 15.1. The molecule has 222 valence electrons. The summed E-state index contributed by atoms with van der Waals surface area (Å²) in [4.78, 5) is 4.39. The number of allylic oxidation sites excluding steroid dienone is 4. The van der Waals surface area contributed by atoms with E-state index in [-0.39, 0.29) is 5.39 Å². The minimum absolute atomic E-state index is 0.0656. The fourth-order valence-corrected chi connectivity index (χ4v) is 6.84. The lowest BCUT2D eigenvalue weighted by Gasteiger charge is -2.13. The van der Waals surface area contributed by atoms with Gasteiger partial charge in [-0.05, 0) is 80.9 Å². The van der Waals surface area contributed by atoms with Gasteiger partial charge in [0.1, 0.15) is 11.6 Å². The molecule has 6 aromatic carbocycles. The van der Waals surface area contributed by atoms with Crippen molar-refractivity contribution in [3.8, 4) is 40.6 Å². The molecule has 2 aliphatic carbocycles. The molecule has 0 amide bonds. The monoisotopic (exact) mass is 618 g/mol. The summed E-state index contributed by atoms with van der Waals surface area (Å²) >= 11 is 0. The highest BCUT2D eigenvalue weighted by molar-refractivity contribution is 6.63. The van der Waals surface area contributed by atoms with Crippen LogP contribution in [0.2, 0.25) is 0 Å². The van der Waals surface area contributed by atoms with Crippen LogP contribution in [0.25, 0.3) is 55.3 Å². The minimum atomic E-state index is -0.637. The van der Waals surface area contributed by atoms with Crippen molar-refractivity contribution in [3.05, 3.63) is 166 Å². The van der Waals surface area contributed by atoms with Gasteiger partial charge in [-0.25, -0.2) is 8.78 Å². The average molecular weight is 619 g/mol. The van der Waals surface area contributed by atoms with Crippen LogP contribution in [0.4, 0.5) is 8.78 Å². The van der Waals surface area contributed by atoms with Crippen molar-refractivity contribution in [1.82, 2.24) is 0 Å². The maximum absolute atomic E-state index is 15.2. The van der Waals surface area contributed by atoms with E-state index in [9.17, 15) is 15.8 Å². The van der Waals surface area contributed by atoms with Crippen LogP contribution in [0.3, 0.4) is 0 Å². The van der Waals surface area contributed by atoms with Crippen LogP contribution in [0.5, 0.6) is 0 Å². The number of aliphatic imine (C=N–C) groups is 1. The number of nitrogens with zero attached hydrogens (tertiary/aromatic N) is 4. The standard InChI is InChI=1S/C42H20F2N4/c43-34-19-17-32-38-33(18-20-35(44)41(34)38)40-37(31-15-11-29(12-16-31)27-7-3-25(22-46)4-8-27)42(48-23-47)36(39(32)40)30-13-9-28(10-14-30)26-5-1-24(21-45)2-6-26/h1-20H. The van der Waals surface area contributed by atoms with E-state index in [4.69, 9.17) is 0 Å². The maximum Gasteiger partial charge on any atom is 0.206 e. The zero-order valence-electron chi connectivity index (χ0n) is 25.1. The molecule has 8 rings (SSSR count). The summed E-state index contributed by atoms with van der Waals surface area (Å²) in [7, 11) is 0. The van der Waals surface area contributed by atoms with Crippen LogP contribution in [0.1, 0.15) is 33.4 Å². The molecule has 0 saturated heterocycles. The Bertz CT molecular complexity index is 2390. The second kappa shape index (κ2) is 11.1. The summed E-state index contributed by atoms with van der Waals surface area (Å²) in [6, 6.07) is 40.6. The molecule has 2 aliphatic rings. The van der Waals surface area contributed by atoms with Crippen LogP contribution in [0.15, 0.2) is 126 Å². The lowest BCUT2D eigenvalue weighted by molar-refractivity contribution is 0.608. The summed E-state index contributed by atoms with van der Waals surface area (Å²) in [5.41, 5.74) is 11.3. The third-order valence-corrected chi connectivity index (χ3v) is 9.02. The maximum atomic E-state index is 15.2. The van der Waals surface area contributed by atoms with E-state index in [0.29, 0.717) is 44.5 Å². The molecule has 0 spiro atoms. The van der Waals surface area contributed by atoms with E-state index < -0.39 is 11.6 Å². The molecule has 0 fully saturated rings. The Balaban J connectivity index is 1.33. The van der Waals surface area contributed by atoms with Gasteiger partial charge in [-0.1, -0.05) is 84.9 Å². The van der Waals surface area contributed by atoms with E-state index in [1.807, 2.05) is 79.0 Å². The normalized spacial score (nSPS) is 12.9. The van der Waals surface area contributed by atoms with Crippen molar-refractivity contribution >= 4 is 38.8 Å². The highest BCUT2D eigenvalue weighted by atomic mass is 19.1. The van der Waals surface area contributed by atoms with Crippen molar-refractivity contribution < 1.29 is 8.78 Å². The van der Waals surface area contributed by atoms with Gasteiger partial charge in [-0.2, -0.15) is 20.8 Å². The van der Waals surface area contributed by atoms with Crippen LogP contribution >= 0.6 is 0 Å². The van der Waals surface area contributed by atoms with E-state index in [0.717, 1.165) is 44.5 Å². The van der Waals surface area contributed by atoms with Gasteiger partial charge in [0.2, 0.25) is 6.19 Å². The average Bonchev–Trinajstić information content (AvgIpc) is 3.63. The minimum Gasteiger partial charge on any atom is -0.206 e. The lowest BCUT2D eigenvalue weighted by atomic mass is 9.90. The molecule has 0 N–H and O–H groups in total. The Labute approximate surface area is 274 Å². The summed E-state index contributed by atoms with van der Waals surface area (Å²) in [6.45, 7) is 0. The summed E-state index contributed by atoms with van der Waals surface area (Å²) in [5, 5.41) is 28.8. The van der Waals surface area contributed by atoms with Crippen molar-refractivity contribution in [1.29, 1.82) is 15.8 Å². The fourth-order valence-electron chi connectivity index (χ4n) is 6.84. The summed E-state index contributed by atoms with van der Waals surface area (Å²) in [6.07, 6.45) is 2.01. The van der Waals surface area contributed by atoms with E-state index in [1.165, 1.54) is 12.1 Å². The number of fused-ring (bicyclic) bond motifs is 3. The van der Waals surface area contributed by atoms with Crippen LogP contribution in [0, 0.1) is 45.8 Å². The summed E-state index contributed by atoms with van der Waals surface area (Å²) in [5.74, 6) is -1.27. The van der Waals surface area contributed by atoms with Crippen molar-refractivity contribution in [3.63, 3.8) is 0 Å². The number of hydrogen-bond acceptors (Lipinski definition) is 4. The Morgan fingerprint density at radius 3 is 1.10 bits per heavy atom. The van der Waals surface area contributed by atoms with Gasteiger partial charge in [0.05, 0.1) is 34.4 Å². The molecule has 6 heteroatoms. The second-order valence-electron chi connectivity index (χ2n) is 11.5. The lowest BCUT2D eigenvalue weighted by Crippen LogP contribution is -2.04. The Kier molecular flexibility index (Phi) is 6.62. The van der Waals surface area contributed by atoms with Gasteiger partial charge in [-0.15, -0.1) is 0 Å². The predicted octanol–water partition coefficient (Wildman–Crippen LogP) is 9.97. The number of nitriles is 3. The molecule has 48 heavy (non-hydrogen) atoms. The van der Waals surface area contributed by atoms with Gasteiger partial charge >= 0.3 is 0 Å². The molecular formula is C42H20F2N4. The molecule has 0 saturated carbocycles. The van der Waals surface area contributed by atoms with Crippen LogP contribution in [-0.4, -0.2) is 5.71 Å². The number of benzene rings is 6. The van der Waals surface area contributed by atoms with Crippen LogP contribution < -0.4 is 0 Å². The first-order valence-electron chi connectivity index (χ1n) is 15.1. The molecule has 6 aromatic rings. The molecule has 0 atom stereocenters. The molecule has 0 radical (unpaired) electrons. The quantitative estimate of drug-likeness (QED) is 0.184. The van der Waals surface area contributed by atoms with E-state index in [1.54, 1.807) is 36.4 Å². The topological polar surface area (TPSA) is 83.7 Å². The van der Waals surface area contributed by atoms with Crippen molar-refractivity contribution in [2.75, 3.05) is 0 Å². The number of halogens is 2. The van der Waals surface area contributed by atoms with Gasteiger partial charge in [0.15, 0.2) is 0 Å². The largest absolute Gasteiger partial charge is 0.206 e. The fraction of sp³-hybridized carbons (Fsp3) is 0. The highest BCUT2D eigenvalue weighted by Gasteiger charge is 2.40. The molecular weight excluding hydrogens is 598 g/mol.